The number of hydrogen-bond acceptors (Lipinski definition) is 4. The van der Waals surface area contributed by atoms with Crippen LogP contribution in [0.15, 0.2) is 69.5 Å². The third kappa shape index (κ3) is 4.46. The zero-order valence-electron chi connectivity index (χ0n) is 20.7. The van der Waals surface area contributed by atoms with Crippen molar-refractivity contribution < 1.29 is 18.4 Å². The molecule has 0 aliphatic rings. The molecule has 0 bridgehead atoms. The van der Waals surface area contributed by atoms with E-state index in [0.717, 1.165) is 21.9 Å². The number of carbonyl (C=O) groups excluding carboxylic acids is 2. The van der Waals surface area contributed by atoms with Crippen molar-refractivity contribution in [2.75, 3.05) is 0 Å². The summed E-state index contributed by atoms with van der Waals surface area (Å²) in [5.74, 6) is 0.277. The van der Waals surface area contributed by atoms with Gasteiger partial charge in [-0.2, -0.15) is 0 Å². The number of hydrogen-bond donors (Lipinski definition) is 0. The Bertz CT molecular complexity index is 1550. The van der Waals surface area contributed by atoms with Crippen LogP contribution < -0.4 is 0 Å². The van der Waals surface area contributed by atoms with Gasteiger partial charge in [-0.1, -0.05) is 71.8 Å². The second-order valence-corrected chi connectivity index (χ2v) is 9.13. The van der Waals surface area contributed by atoms with E-state index in [-0.39, 0.29) is 11.6 Å². The fourth-order valence-electron chi connectivity index (χ4n) is 4.29. The van der Waals surface area contributed by atoms with Gasteiger partial charge in [0.1, 0.15) is 11.2 Å². The van der Waals surface area contributed by atoms with Crippen LogP contribution in [-0.4, -0.2) is 11.6 Å². The fourth-order valence-corrected chi connectivity index (χ4v) is 4.29. The number of benzene rings is 3. The Morgan fingerprint density at radius 2 is 0.972 bits per heavy atom. The van der Waals surface area contributed by atoms with Crippen molar-refractivity contribution in [2.45, 2.75) is 27.7 Å². The van der Waals surface area contributed by atoms with E-state index in [0.29, 0.717) is 33.8 Å². The molecule has 0 N–H and O–H groups in total. The lowest BCUT2D eigenvalue weighted by molar-refractivity contribution is 0.0982. The molecule has 0 aliphatic carbocycles. The van der Waals surface area contributed by atoms with Crippen molar-refractivity contribution >= 4 is 57.8 Å². The molecule has 4 nitrogen and oxygen atoms in total. The topological polar surface area (TPSA) is 60.4 Å². The van der Waals surface area contributed by atoms with Crippen LogP contribution in [0.4, 0.5) is 0 Å². The molecule has 0 spiro atoms. The van der Waals surface area contributed by atoms with E-state index in [1.165, 1.54) is 25.0 Å². The van der Waals surface area contributed by atoms with Crippen molar-refractivity contribution in [2.24, 2.45) is 0 Å². The SMILES string of the molecule is CC(=O)c1oc2cc3oc(C(C)=O)c(/C=C/c4ccc(C)cc4)c3cc2c1/C=C/c1ccc(C)cc1. The molecular formula is C32H26O4. The van der Waals surface area contributed by atoms with E-state index in [1.54, 1.807) is 6.07 Å². The van der Waals surface area contributed by atoms with Crippen LogP contribution in [0.5, 0.6) is 0 Å². The maximum Gasteiger partial charge on any atom is 0.195 e. The average Bonchev–Trinajstić information content (AvgIpc) is 3.40. The predicted octanol–water partition coefficient (Wildman–Crippen LogP) is 8.54. The Hall–Kier alpha value is -4.44. The summed E-state index contributed by atoms with van der Waals surface area (Å²) in [5, 5.41) is 1.58. The number of rotatable bonds is 6. The molecule has 3 aromatic carbocycles. The van der Waals surface area contributed by atoms with Crippen molar-refractivity contribution in [1.82, 2.24) is 0 Å². The molecule has 4 heteroatoms. The second-order valence-electron chi connectivity index (χ2n) is 9.13. The van der Waals surface area contributed by atoms with Gasteiger partial charge in [-0.25, -0.2) is 0 Å². The standard InChI is InChI=1S/C32H26O4/c1-19-5-9-23(10-6-19)13-15-25-27-17-28-26(16-14-24-11-7-20(2)8-12-24)32(22(4)34)36-30(28)18-29(27)35-31(25)21(3)33/h5-18H,1-4H3/b15-13+,16-14+. The van der Waals surface area contributed by atoms with Gasteiger partial charge < -0.3 is 8.83 Å². The molecule has 36 heavy (non-hydrogen) atoms. The minimum Gasteiger partial charge on any atom is -0.452 e. The highest BCUT2D eigenvalue weighted by molar-refractivity contribution is 6.10. The van der Waals surface area contributed by atoms with Crippen molar-refractivity contribution in [3.05, 3.63) is 106 Å². The van der Waals surface area contributed by atoms with Gasteiger partial charge in [0.15, 0.2) is 23.1 Å². The molecule has 5 rings (SSSR count). The minimum absolute atomic E-state index is 0.157. The predicted molar refractivity (Wildman–Crippen MR) is 146 cm³/mol. The van der Waals surface area contributed by atoms with Gasteiger partial charge in [0.2, 0.25) is 0 Å². The molecule has 0 saturated heterocycles. The van der Waals surface area contributed by atoms with E-state index >= 15 is 0 Å². The highest BCUT2D eigenvalue weighted by Crippen LogP contribution is 2.36. The van der Waals surface area contributed by atoms with E-state index in [1.807, 2.05) is 92.7 Å². The lowest BCUT2D eigenvalue weighted by atomic mass is 10.0. The van der Waals surface area contributed by atoms with E-state index in [2.05, 4.69) is 0 Å². The van der Waals surface area contributed by atoms with Crippen molar-refractivity contribution in [1.29, 1.82) is 0 Å². The molecule has 0 saturated carbocycles. The third-order valence-corrected chi connectivity index (χ3v) is 6.25. The van der Waals surface area contributed by atoms with Gasteiger partial charge in [-0.05, 0) is 43.2 Å². The Balaban J connectivity index is 1.68. The lowest BCUT2D eigenvalue weighted by Gasteiger charge is -1.98. The zero-order chi connectivity index (χ0) is 25.4. The average molecular weight is 475 g/mol. The normalized spacial score (nSPS) is 11.9. The van der Waals surface area contributed by atoms with Crippen LogP contribution in [0.3, 0.4) is 0 Å². The number of furan rings is 2. The summed E-state index contributed by atoms with van der Waals surface area (Å²) in [6.45, 7) is 7.08. The summed E-state index contributed by atoms with van der Waals surface area (Å²) in [6, 6.07) is 20.0. The first kappa shape index (κ1) is 23.3. The van der Waals surface area contributed by atoms with Gasteiger partial charge in [0, 0.05) is 41.8 Å². The van der Waals surface area contributed by atoms with E-state index in [9.17, 15) is 9.59 Å². The first-order valence-corrected chi connectivity index (χ1v) is 11.8. The van der Waals surface area contributed by atoms with Gasteiger partial charge in [-0.3, -0.25) is 9.59 Å². The molecule has 0 amide bonds. The summed E-state index contributed by atoms with van der Waals surface area (Å²) in [5.41, 5.74) is 6.89. The highest BCUT2D eigenvalue weighted by Gasteiger charge is 2.21. The maximum atomic E-state index is 12.4. The molecule has 2 heterocycles. The first-order valence-electron chi connectivity index (χ1n) is 11.8. The number of fused-ring (bicyclic) bond motifs is 2. The Morgan fingerprint density at radius 3 is 1.33 bits per heavy atom. The van der Waals surface area contributed by atoms with Crippen LogP contribution in [0.25, 0.3) is 46.2 Å². The van der Waals surface area contributed by atoms with E-state index < -0.39 is 0 Å². The number of carbonyl (C=O) groups is 2. The van der Waals surface area contributed by atoms with E-state index in [4.69, 9.17) is 8.83 Å². The minimum atomic E-state index is -0.157. The van der Waals surface area contributed by atoms with Gasteiger partial charge in [0.25, 0.3) is 0 Å². The van der Waals surface area contributed by atoms with Gasteiger partial charge in [0.05, 0.1) is 0 Å². The Labute approximate surface area is 209 Å². The molecule has 0 atom stereocenters. The fraction of sp³-hybridized carbons (Fsp3) is 0.125. The summed E-state index contributed by atoms with van der Waals surface area (Å²) in [6.07, 6.45) is 7.75. The monoisotopic (exact) mass is 474 g/mol. The zero-order valence-corrected chi connectivity index (χ0v) is 20.7. The van der Waals surface area contributed by atoms with Crippen LogP contribution >= 0.6 is 0 Å². The smallest absolute Gasteiger partial charge is 0.195 e. The highest BCUT2D eigenvalue weighted by atomic mass is 16.4. The molecular weight excluding hydrogens is 448 g/mol. The van der Waals surface area contributed by atoms with Crippen LogP contribution in [0, 0.1) is 13.8 Å². The molecule has 5 aromatic rings. The molecule has 0 aliphatic heterocycles. The molecule has 0 radical (unpaired) electrons. The molecule has 0 fully saturated rings. The lowest BCUT2D eigenvalue weighted by Crippen LogP contribution is -1.91. The summed E-state index contributed by atoms with van der Waals surface area (Å²) >= 11 is 0. The Morgan fingerprint density at radius 1 is 0.583 bits per heavy atom. The molecule has 178 valence electrons. The van der Waals surface area contributed by atoms with Gasteiger partial charge in [-0.15, -0.1) is 0 Å². The van der Waals surface area contributed by atoms with Crippen LogP contribution in [0.1, 0.15) is 68.3 Å². The quantitative estimate of drug-likeness (QED) is 0.231. The van der Waals surface area contributed by atoms with Crippen molar-refractivity contribution in [3.8, 4) is 0 Å². The number of Topliss-reactive ketones (excluding diaryl/α,β-unsaturated/α-hetero) is 2. The number of ketones is 2. The third-order valence-electron chi connectivity index (χ3n) is 6.25. The summed E-state index contributed by atoms with van der Waals surface area (Å²) < 4.78 is 11.9. The second kappa shape index (κ2) is 9.31. The Kier molecular flexibility index (Phi) is 6.03. The number of aryl methyl sites for hydroxylation is 2. The first-order chi connectivity index (χ1) is 17.3. The van der Waals surface area contributed by atoms with Gasteiger partial charge >= 0.3 is 0 Å². The van der Waals surface area contributed by atoms with Crippen LogP contribution in [0.2, 0.25) is 0 Å². The summed E-state index contributed by atoms with van der Waals surface area (Å²) in [4.78, 5) is 24.8. The van der Waals surface area contributed by atoms with Crippen molar-refractivity contribution in [3.63, 3.8) is 0 Å². The summed E-state index contributed by atoms with van der Waals surface area (Å²) in [7, 11) is 0. The molecule has 2 aromatic heterocycles. The van der Waals surface area contributed by atoms with Crippen LogP contribution in [-0.2, 0) is 0 Å². The maximum absolute atomic E-state index is 12.4. The molecule has 0 unspecified atom stereocenters. The largest absolute Gasteiger partial charge is 0.452 e.